The molecule has 1 aliphatic rings. The molecule has 0 saturated heterocycles. The number of hydrogen-bond acceptors (Lipinski definition) is 4. The molecule has 0 aromatic heterocycles. The van der Waals surface area contributed by atoms with Crippen LogP contribution in [0.3, 0.4) is 0 Å². The summed E-state index contributed by atoms with van der Waals surface area (Å²) in [5.74, 6) is -1.95. The third kappa shape index (κ3) is 2.41. The molecule has 0 fully saturated rings. The van der Waals surface area contributed by atoms with Gasteiger partial charge in [0.05, 0.1) is 16.7 Å². The molecule has 100 valence electrons. The molecule has 0 aliphatic carbocycles. The summed E-state index contributed by atoms with van der Waals surface area (Å²) >= 11 is 0. The number of nitrogens with zero attached hydrogens (tertiary/aromatic N) is 1. The summed E-state index contributed by atoms with van der Waals surface area (Å²) in [6.45, 7) is 0.0673. The van der Waals surface area contributed by atoms with E-state index in [1.165, 1.54) is 24.5 Å². The summed E-state index contributed by atoms with van der Waals surface area (Å²) in [6, 6.07) is 3.82. The average Bonchev–Trinajstić information content (AvgIpc) is 2.59. The Morgan fingerprint density at radius 2 is 1.89 bits per heavy atom. The van der Waals surface area contributed by atoms with E-state index in [0.29, 0.717) is 0 Å². The molecule has 1 N–H and O–H groups in total. The van der Waals surface area contributed by atoms with Gasteiger partial charge in [-0.15, -0.1) is 0 Å². The first-order valence-corrected chi connectivity index (χ1v) is 7.18. The van der Waals surface area contributed by atoms with Crippen molar-refractivity contribution < 1.29 is 23.7 Å². The van der Waals surface area contributed by atoms with Crippen molar-refractivity contribution in [3.63, 3.8) is 0 Å². The molecule has 1 aliphatic heterocycles. The van der Waals surface area contributed by atoms with Crippen molar-refractivity contribution in [3.05, 3.63) is 34.9 Å². The molecule has 1 aromatic rings. The van der Waals surface area contributed by atoms with Gasteiger partial charge in [0.2, 0.25) is 0 Å². The highest BCUT2D eigenvalue weighted by molar-refractivity contribution is 7.84. The van der Waals surface area contributed by atoms with Crippen LogP contribution >= 0.6 is 0 Å². The number of aromatic carboxylic acids is 1. The van der Waals surface area contributed by atoms with Crippen LogP contribution in [0, 0.1) is 0 Å². The fraction of sp³-hybridized carbons (Fsp3) is 0.250. The molecule has 2 rings (SSSR count). The van der Waals surface area contributed by atoms with Gasteiger partial charge in [0.15, 0.2) is 0 Å². The van der Waals surface area contributed by atoms with Crippen LogP contribution in [0.25, 0.3) is 0 Å². The van der Waals surface area contributed by atoms with E-state index in [2.05, 4.69) is 0 Å². The van der Waals surface area contributed by atoms with E-state index in [9.17, 15) is 18.6 Å². The van der Waals surface area contributed by atoms with Crippen LogP contribution in [0.2, 0.25) is 0 Å². The summed E-state index contributed by atoms with van der Waals surface area (Å²) in [5, 5.41) is 8.86. The molecule has 0 spiro atoms. The van der Waals surface area contributed by atoms with Crippen LogP contribution < -0.4 is 0 Å². The number of imide groups is 1. The van der Waals surface area contributed by atoms with E-state index >= 15 is 0 Å². The summed E-state index contributed by atoms with van der Waals surface area (Å²) < 4.78 is 11.0. The number of benzene rings is 1. The molecule has 0 saturated carbocycles. The second kappa shape index (κ2) is 4.93. The fourth-order valence-electron chi connectivity index (χ4n) is 1.85. The highest BCUT2D eigenvalue weighted by atomic mass is 32.2. The minimum Gasteiger partial charge on any atom is -0.478 e. The Morgan fingerprint density at radius 1 is 1.26 bits per heavy atom. The number of fused-ring (bicyclic) bond motifs is 1. The Labute approximate surface area is 111 Å². The molecular weight excluding hydrogens is 270 g/mol. The van der Waals surface area contributed by atoms with Gasteiger partial charge in [-0.2, -0.15) is 0 Å². The Balaban J connectivity index is 2.33. The van der Waals surface area contributed by atoms with Crippen LogP contribution in [-0.2, 0) is 10.8 Å². The predicted octanol–water partition coefficient (Wildman–Crippen LogP) is 0.359. The normalized spacial score (nSPS) is 15.5. The first kappa shape index (κ1) is 13.4. The molecule has 1 heterocycles. The highest BCUT2D eigenvalue weighted by Crippen LogP contribution is 2.23. The zero-order valence-corrected chi connectivity index (χ0v) is 10.9. The van der Waals surface area contributed by atoms with E-state index < -0.39 is 28.6 Å². The second-order valence-corrected chi connectivity index (χ2v) is 5.66. The van der Waals surface area contributed by atoms with Crippen LogP contribution in [0.4, 0.5) is 0 Å². The molecule has 1 atom stereocenters. The summed E-state index contributed by atoms with van der Waals surface area (Å²) in [4.78, 5) is 35.8. The van der Waals surface area contributed by atoms with Gasteiger partial charge in [-0.1, -0.05) is 0 Å². The summed E-state index contributed by atoms with van der Waals surface area (Å²) in [6.07, 6.45) is 1.49. The molecule has 2 amide bonds. The predicted molar refractivity (Wildman–Crippen MR) is 67.7 cm³/mol. The zero-order chi connectivity index (χ0) is 14.2. The first-order valence-electron chi connectivity index (χ1n) is 5.45. The van der Waals surface area contributed by atoms with E-state index in [1.54, 1.807) is 0 Å². The van der Waals surface area contributed by atoms with Gasteiger partial charge >= 0.3 is 5.97 Å². The average molecular weight is 281 g/mol. The molecule has 0 radical (unpaired) electrons. The Bertz CT molecular complexity index is 610. The number of rotatable bonds is 4. The summed E-state index contributed by atoms with van der Waals surface area (Å²) in [7, 11) is -1.11. The van der Waals surface area contributed by atoms with E-state index in [0.717, 1.165) is 4.90 Å². The largest absolute Gasteiger partial charge is 0.478 e. The van der Waals surface area contributed by atoms with Gasteiger partial charge in [-0.05, 0) is 18.2 Å². The second-order valence-electron chi connectivity index (χ2n) is 4.10. The van der Waals surface area contributed by atoms with Crippen LogP contribution in [-0.4, -0.2) is 50.6 Å². The molecular formula is C12H11NO5S. The lowest BCUT2D eigenvalue weighted by molar-refractivity contribution is 0.0661. The molecule has 19 heavy (non-hydrogen) atoms. The Morgan fingerprint density at radius 3 is 2.47 bits per heavy atom. The minimum atomic E-state index is -1.16. The van der Waals surface area contributed by atoms with Crippen LogP contribution in [0.15, 0.2) is 18.2 Å². The maximum absolute atomic E-state index is 12.0. The molecule has 6 nitrogen and oxygen atoms in total. The van der Waals surface area contributed by atoms with E-state index in [-0.39, 0.29) is 29.0 Å². The van der Waals surface area contributed by atoms with Gasteiger partial charge in [0.25, 0.3) is 11.8 Å². The maximum atomic E-state index is 12.0. The molecule has 1 aromatic carbocycles. The molecule has 1 unspecified atom stereocenters. The van der Waals surface area contributed by atoms with Crippen molar-refractivity contribution in [2.24, 2.45) is 0 Å². The zero-order valence-electron chi connectivity index (χ0n) is 10.1. The standard InChI is InChI=1S/C12H11NO5S/c1-19(18)5-4-13-10(14)8-3-2-7(12(16)17)6-9(8)11(13)15/h2-3,6H,4-5H2,1H3,(H,16,17). The highest BCUT2D eigenvalue weighted by Gasteiger charge is 2.35. The first-order chi connectivity index (χ1) is 8.91. The fourth-order valence-corrected chi connectivity index (χ4v) is 2.29. The van der Waals surface area contributed by atoms with E-state index in [4.69, 9.17) is 5.11 Å². The van der Waals surface area contributed by atoms with Crippen molar-refractivity contribution >= 4 is 28.6 Å². The molecule has 0 bridgehead atoms. The number of amides is 2. The number of carboxylic acid groups (broad SMARTS) is 1. The van der Waals surface area contributed by atoms with Crippen molar-refractivity contribution in [1.82, 2.24) is 4.90 Å². The van der Waals surface area contributed by atoms with Gasteiger partial charge in [0.1, 0.15) is 0 Å². The number of carbonyl (C=O) groups is 3. The lowest BCUT2D eigenvalue weighted by Crippen LogP contribution is -2.33. The van der Waals surface area contributed by atoms with Gasteiger partial charge in [0, 0.05) is 29.4 Å². The van der Waals surface area contributed by atoms with E-state index in [1.807, 2.05) is 0 Å². The van der Waals surface area contributed by atoms with Crippen molar-refractivity contribution in [1.29, 1.82) is 0 Å². The number of carbonyl (C=O) groups excluding carboxylic acids is 2. The van der Waals surface area contributed by atoms with Crippen molar-refractivity contribution in [2.45, 2.75) is 0 Å². The van der Waals surface area contributed by atoms with Gasteiger partial charge in [-0.25, -0.2) is 4.79 Å². The topological polar surface area (TPSA) is 91.8 Å². The van der Waals surface area contributed by atoms with Crippen LogP contribution in [0.1, 0.15) is 31.1 Å². The lowest BCUT2D eigenvalue weighted by Gasteiger charge is -2.12. The number of hydrogen-bond donors (Lipinski definition) is 1. The minimum absolute atomic E-state index is 0.0409. The molecule has 7 heteroatoms. The van der Waals surface area contributed by atoms with Gasteiger partial charge in [-0.3, -0.25) is 18.7 Å². The van der Waals surface area contributed by atoms with Crippen molar-refractivity contribution in [3.8, 4) is 0 Å². The van der Waals surface area contributed by atoms with Crippen LogP contribution in [0.5, 0.6) is 0 Å². The quantitative estimate of drug-likeness (QED) is 0.804. The number of carboxylic acids is 1. The lowest BCUT2D eigenvalue weighted by atomic mass is 10.1. The Hall–Kier alpha value is -2.02. The SMILES string of the molecule is CS(=O)CCN1C(=O)c2ccc(C(=O)O)cc2C1=O. The monoisotopic (exact) mass is 281 g/mol. The Kier molecular flexibility index (Phi) is 3.48. The maximum Gasteiger partial charge on any atom is 0.335 e. The summed E-state index contributed by atoms with van der Waals surface area (Å²) in [5.41, 5.74) is 0.240. The third-order valence-electron chi connectivity index (χ3n) is 2.82. The van der Waals surface area contributed by atoms with Gasteiger partial charge < -0.3 is 5.11 Å². The van der Waals surface area contributed by atoms with Crippen molar-refractivity contribution in [2.75, 3.05) is 18.6 Å². The third-order valence-corrected chi connectivity index (χ3v) is 3.58. The smallest absolute Gasteiger partial charge is 0.335 e.